The molecule has 0 heterocycles. The molecule has 2 amide bonds. The van der Waals surface area contributed by atoms with Gasteiger partial charge in [0.05, 0.1) is 6.21 Å². The molecule has 0 saturated heterocycles. The fourth-order valence-electron chi connectivity index (χ4n) is 1.44. The molecule has 2 rings (SSSR count). The highest BCUT2D eigenvalue weighted by molar-refractivity contribution is 6.31. The van der Waals surface area contributed by atoms with Crippen LogP contribution in [0.4, 0.5) is 10.5 Å². The Morgan fingerprint density at radius 2 is 1.80 bits per heavy atom. The van der Waals surface area contributed by atoms with E-state index in [-0.39, 0.29) is 0 Å². The molecule has 0 aliphatic rings. The maximum absolute atomic E-state index is 11.6. The molecular formula is C14H11Cl2N3O. The molecule has 20 heavy (non-hydrogen) atoms. The van der Waals surface area contributed by atoms with Crippen molar-refractivity contribution >= 4 is 41.1 Å². The molecule has 4 nitrogen and oxygen atoms in total. The minimum Gasteiger partial charge on any atom is -0.306 e. The summed E-state index contributed by atoms with van der Waals surface area (Å²) in [5, 5.41) is 7.63. The molecule has 0 fully saturated rings. The lowest BCUT2D eigenvalue weighted by molar-refractivity contribution is 0.252. The van der Waals surface area contributed by atoms with E-state index >= 15 is 0 Å². The van der Waals surface area contributed by atoms with Gasteiger partial charge in [0.2, 0.25) is 0 Å². The highest BCUT2D eigenvalue weighted by atomic mass is 35.5. The smallest absolute Gasteiger partial charge is 0.306 e. The van der Waals surface area contributed by atoms with Crippen LogP contribution >= 0.6 is 23.2 Å². The van der Waals surface area contributed by atoms with Gasteiger partial charge >= 0.3 is 6.03 Å². The Hall–Kier alpha value is -2.04. The van der Waals surface area contributed by atoms with Crippen molar-refractivity contribution in [3.05, 3.63) is 64.1 Å². The summed E-state index contributed by atoms with van der Waals surface area (Å²) in [7, 11) is 0. The van der Waals surface area contributed by atoms with Crippen molar-refractivity contribution in [1.29, 1.82) is 0 Å². The average molecular weight is 308 g/mol. The average Bonchev–Trinajstić information content (AvgIpc) is 2.41. The fraction of sp³-hybridized carbons (Fsp3) is 0. The van der Waals surface area contributed by atoms with Gasteiger partial charge in [-0.3, -0.25) is 0 Å². The molecule has 2 aromatic carbocycles. The predicted molar refractivity (Wildman–Crippen MR) is 82.7 cm³/mol. The summed E-state index contributed by atoms with van der Waals surface area (Å²) < 4.78 is 0. The van der Waals surface area contributed by atoms with E-state index in [4.69, 9.17) is 23.2 Å². The maximum atomic E-state index is 11.6. The summed E-state index contributed by atoms with van der Waals surface area (Å²) in [5.41, 5.74) is 3.78. The van der Waals surface area contributed by atoms with Gasteiger partial charge < -0.3 is 5.32 Å². The normalized spacial score (nSPS) is 10.5. The largest absolute Gasteiger partial charge is 0.339 e. The Labute approximate surface area is 126 Å². The van der Waals surface area contributed by atoms with E-state index in [0.29, 0.717) is 15.7 Å². The van der Waals surface area contributed by atoms with E-state index in [1.807, 2.05) is 0 Å². The van der Waals surface area contributed by atoms with Gasteiger partial charge in [-0.15, -0.1) is 0 Å². The first-order valence-electron chi connectivity index (χ1n) is 5.75. The van der Waals surface area contributed by atoms with E-state index in [0.717, 1.165) is 5.56 Å². The first-order chi connectivity index (χ1) is 9.63. The molecule has 0 aliphatic heterocycles. The van der Waals surface area contributed by atoms with Gasteiger partial charge in [-0.1, -0.05) is 41.4 Å². The fourth-order valence-corrected chi connectivity index (χ4v) is 1.76. The monoisotopic (exact) mass is 307 g/mol. The summed E-state index contributed by atoms with van der Waals surface area (Å²) in [6.07, 6.45) is 1.52. The van der Waals surface area contributed by atoms with Crippen LogP contribution < -0.4 is 10.7 Å². The van der Waals surface area contributed by atoms with Crippen LogP contribution in [0.15, 0.2) is 53.6 Å². The van der Waals surface area contributed by atoms with Crippen molar-refractivity contribution in [3.8, 4) is 0 Å². The van der Waals surface area contributed by atoms with Crippen LogP contribution in [0.1, 0.15) is 5.56 Å². The van der Waals surface area contributed by atoms with Crippen LogP contribution in [0.2, 0.25) is 10.0 Å². The molecule has 102 valence electrons. The van der Waals surface area contributed by atoms with E-state index in [2.05, 4.69) is 15.8 Å². The quantitative estimate of drug-likeness (QED) is 0.649. The van der Waals surface area contributed by atoms with Gasteiger partial charge in [0.15, 0.2) is 0 Å². The number of benzene rings is 2. The number of hydrogen-bond donors (Lipinski definition) is 2. The SMILES string of the molecule is O=C(NN=Cc1ccc(Cl)cc1)Nc1cccc(Cl)c1. The highest BCUT2D eigenvalue weighted by Crippen LogP contribution is 2.14. The number of carbonyl (C=O) groups excluding carboxylic acids is 1. The molecular weight excluding hydrogens is 297 g/mol. The molecule has 2 aromatic rings. The minimum absolute atomic E-state index is 0.447. The van der Waals surface area contributed by atoms with Gasteiger partial charge in [-0.05, 0) is 35.9 Å². The summed E-state index contributed by atoms with van der Waals surface area (Å²) in [5.74, 6) is 0. The molecule has 0 atom stereocenters. The van der Waals surface area contributed by atoms with Crippen LogP contribution in [0, 0.1) is 0 Å². The predicted octanol–water partition coefficient (Wildman–Crippen LogP) is 4.15. The third kappa shape index (κ3) is 4.57. The number of nitrogens with zero attached hydrogens (tertiary/aromatic N) is 1. The van der Waals surface area contributed by atoms with Gasteiger partial charge in [0.1, 0.15) is 0 Å². The number of nitrogens with one attached hydrogen (secondary N) is 2. The van der Waals surface area contributed by atoms with Crippen LogP contribution in [-0.4, -0.2) is 12.2 Å². The number of anilines is 1. The second-order valence-electron chi connectivity index (χ2n) is 3.89. The summed E-state index contributed by atoms with van der Waals surface area (Å²) in [6.45, 7) is 0. The van der Waals surface area contributed by atoms with Gasteiger partial charge in [0.25, 0.3) is 0 Å². The molecule has 0 saturated carbocycles. The van der Waals surface area contributed by atoms with E-state index in [1.165, 1.54) is 6.21 Å². The number of hydrazone groups is 1. The van der Waals surface area contributed by atoms with Gasteiger partial charge in [-0.2, -0.15) is 5.10 Å². The third-order valence-electron chi connectivity index (χ3n) is 2.33. The number of urea groups is 1. The Balaban J connectivity index is 1.87. The maximum Gasteiger partial charge on any atom is 0.339 e. The highest BCUT2D eigenvalue weighted by Gasteiger charge is 1.99. The second kappa shape index (κ2) is 6.93. The first kappa shape index (κ1) is 14.4. The molecule has 6 heteroatoms. The molecule has 0 bridgehead atoms. The van der Waals surface area contributed by atoms with Crippen molar-refractivity contribution < 1.29 is 4.79 Å². The van der Waals surface area contributed by atoms with Crippen molar-refractivity contribution in [1.82, 2.24) is 5.43 Å². The summed E-state index contributed by atoms with van der Waals surface area (Å²) in [6, 6.07) is 13.5. The number of rotatable bonds is 3. The van der Waals surface area contributed by atoms with E-state index in [1.54, 1.807) is 48.5 Å². The van der Waals surface area contributed by atoms with Crippen molar-refractivity contribution in [3.63, 3.8) is 0 Å². The van der Waals surface area contributed by atoms with Gasteiger partial charge in [0, 0.05) is 15.7 Å². The Bertz CT molecular complexity index is 627. The first-order valence-corrected chi connectivity index (χ1v) is 6.50. The van der Waals surface area contributed by atoms with Crippen LogP contribution in [0.3, 0.4) is 0 Å². The zero-order valence-corrected chi connectivity index (χ0v) is 11.8. The van der Waals surface area contributed by atoms with Crippen molar-refractivity contribution in [2.24, 2.45) is 5.10 Å². The van der Waals surface area contributed by atoms with Crippen LogP contribution in [0.25, 0.3) is 0 Å². The molecule has 0 aromatic heterocycles. The zero-order chi connectivity index (χ0) is 14.4. The summed E-state index contributed by atoms with van der Waals surface area (Å²) in [4.78, 5) is 11.6. The van der Waals surface area contributed by atoms with Crippen molar-refractivity contribution in [2.75, 3.05) is 5.32 Å². The lowest BCUT2D eigenvalue weighted by atomic mass is 10.2. The lowest BCUT2D eigenvalue weighted by Crippen LogP contribution is -2.24. The van der Waals surface area contributed by atoms with Crippen LogP contribution in [0.5, 0.6) is 0 Å². The Morgan fingerprint density at radius 3 is 2.50 bits per heavy atom. The third-order valence-corrected chi connectivity index (χ3v) is 2.82. The molecule has 0 spiro atoms. The molecule has 0 radical (unpaired) electrons. The van der Waals surface area contributed by atoms with Gasteiger partial charge in [-0.25, -0.2) is 10.2 Å². The lowest BCUT2D eigenvalue weighted by Gasteiger charge is -2.04. The number of carbonyl (C=O) groups is 1. The Morgan fingerprint density at radius 1 is 1.05 bits per heavy atom. The summed E-state index contributed by atoms with van der Waals surface area (Å²) >= 11 is 11.6. The zero-order valence-electron chi connectivity index (χ0n) is 10.3. The number of hydrogen-bond acceptors (Lipinski definition) is 2. The van der Waals surface area contributed by atoms with Crippen LogP contribution in [-0.2, 0) is 0 Å². The molecule has 2 N–H and O–H groups in total. The Kier molecular flexibility index (Phi) is 4.98. The molecule has 0 unspecified atom stereocenters. The van der Waals surface area contributed by atoms with E-state index in [9.17, 15) is 4.79 Å². The minimum atomic E-state index is -0.447. The number of halogens is 2. The standard InChI is InChI=1S/C14H11Cl2N3O/c15-11-6-4-10(5-7-11)9-17-19-14(20)18-13-3-1-2-12(16)8-13/h1-9H,(H2,18,19,20). The second-order valence-corrected chi connectivity index (χ2v) is 4.76. The topological polar surface area (TPSA) is 53.5 Å². The molecule has 0 aliphatic carbocycles. The van der Waals surface area contributed by atoms with E-state index < -0.39 is 6.03 Å². The van der Waals surface area contributed by atoms with Crippen molar-refractivity contribution in [2.45, 2.75) is 0 Å². The number of amides is 2.